The lowest BCUT2D eigenvalue weighted by Crippen LogP contribution is -2.45. The summed E-state index contributed by atoms with van der Waals surface area (Å²) in [5.74, 6) is 0.485. The summed E-state index contributed by atoms with van der Waals surface area (Å²) < 4.78 is 11.2. The first kappa shape index (κ1) is 23.3. The fourth-order valence-corrected chi connectivity index (χ4v) is 4.48. The Labute approximate surface area is 197 Å². The van der Waals surface area contributed by atoms with Crippen LogP contribution in [0.4, 0.5) is 4.79 Å². The number of terminal acetylenes is 1. The first-order valence-electron chi connectivity index (χ1n) is 11.2. The average Bonchev–Trinajstić information content (AvgIpc) is 3.44. The van der Waals surface area contributed by atoms with E-state index in [1.807, 2.05) is 24.3 Å². The molecule has 0 spiro atoms. The number of aliphatic carboxylic acids is 1. The molecule has 8 heteroatoms. The lowest BCUT2D eigenvalue weighted by molar-refractivity contribution is -0.144. The first-order chi connectivity index (χ1) is 16.5. The molecule has 176 valence electrons. The van der Waals surface area contributed by atoms with Crippen molar-refractivity contribution in [1.82, 2.24) is 10.6 Å². The van der Waals surface area contributed by atoms with Gasteiger partial charge >= 0.3 is 12.1 Å². The van der Waals surface area contributed by atoms with Crippen molar-refractivity contribution in [2.75, 3.05) is 13.2 Å². The quantitative estimate of drug-likeness (QED) is 0.520. The van der Waals surface area contributed by atoms with E-state index in [9.17, 15) is 14.4 Å². The van der Waals surface area contributed by atoms with Crippen molar-refractivity contribution in [3.63, 3.8) is 0 Å². The molecule has 0 bridgehead atoms. The van der Waals surface area contributed by atoms with Gasteiger partial charge in [0, 0.05) is 18.9 Å². The van der Waals surface area contributed by atoms with Crippen LogP contribution >= 0.6 is 0 Å². The van der Waals surface area contributed by atoms with Gasteiger partial charge in [-0.3, -0.25) is 4.79 Å². The molecule has 0 aromatic heterocycles. The molecule has 1 aliphatic carbocycles. The number of alkyl carbamates (subject to hydrolysis) is 1. The third-order valence-electron chi connectivity index (χ3n) is 6.15. The number of benzene rings is 2. The lowest BCUT2D eigenvalue weighted by atomic mass is 9.98. The molecule has 2 aliphatic rings. The number of carboxylic acids is 1. The zero-order chi connectivity index (χ0) is 24.1. The van der Waals surface area contributed by atoms with Gasteiger partial charge in [0.15, 0.2) is 0 Å². The number of hydrogen-bond donors (Lipinski definition) is 3. The smallest absolute Gasteiger partial charge is 0.407 e. The highest BCUT2D eigenvalue weighted by molar-refractivity contribution is 5.86. The monoisotopic (exact) mass is 462 g/mol. The standard InChI is InChI=1S/C26H26N2O6/c1-2-7-22(25(30)31)28-24(29)23-13-12-16(34-23)14-27-26(32)33-15-21-19-10-5-3-8-17(19)18-9-4-6-11-20(18)21/h1,3-6,8-11,16,21-23H,7,12-15H2,(H,27,32)(H,28,29)(H,30,31). The molecule has 1 heterocycles. The summed E-state index contributed by atoms with van der Waals surface area (Å²) in [4.78, 5) is 35.8. The van der Waals surface area contributed by atoms with Gasteiger partial charge in [0.05, 0.1) is 6.10 Å². The number of rotatable bonds is 8. The van der Waals surface area contributed by atoms with Gasteiger partial charge in [-0.2, -0.15) is 0 Å². The predicted molar refractivity (Wildman–Crippen MR) is 124 cm³/mol. The van der Waals surface area contributed by atoms with E-state index in [0.29, 0.717) is 12.8 Å². The number of fused-ring (bicyclic) bond motifs is 3. The molecule has 3 N–H and O–H groups in total. The summed E-state index contributed by atoms with van der Waals surface area (Å²) in [5.41, 5.74) is 4.58. The summed E-state index contributed by atoms with van der Waals surface area (Å²) in [6, 6.07) is 15.1. The fourth-order valence-electron chi connectivity index (χ4n) is 4.48. The Kier molecular flexibility index (Phi) is 7.14. The largest absolute Gasteiger partial charge is 0.480 e. The number of hydrogen-bond acceptors (Lipinski definition) is 5. The van der Waals surface area contributed by atoms with Gasteiger partial charge in [-0.05, 0) is 35.1 Å². The van der Waals surface area contributed by atoms with E-state index < -0.39 is 30.1 Å². The zero-order valence-corrected chi connectivity index (χ0v) is 18.5. The molecule has 2 aromatic rings. The van der Waals surface area contributed by atoms with E-state index in [4.69, 9.17) is 21.0 Å². The third kappa shape index (κ3) is 5.05. The average molecular weight is 463 g/mol. The van der Waals surface area contributed by atoms with E-state index in [0.717, 1.165) is 22.3 Å². The molecule has 8 nitrogen and oxygen atoms in total. The van der Waals surface area contributed by atoms with Crippen molar-refractivity contribution in [3.05, 3.63) is 59.7 Å². The highest BCUT2D eigenvalue weighted by atomic mass is 16.5. The van der Waals surface area contributed by atoms with Crippen LogP contribution in [0.15, 0.2) is 48.5 Å². The van der Waals surface area contributed by atoms with Crippen LogP contribution in [0.2, 0.25) is 0 Å². The number of carbonyl (C=O) groups excluding carboxylic acids is 2. The number of carbonyl (C=O) groups is 3. The van der Waals surface area contributed by atoms with Crippen LogP contribution in [0.5, 0.6) is 0 Å². The molecule has 2 amide bonds. The minimum absolute atomic E-state index is 0.0286. The molecule has 0 radical (unpaired) electrons. The maximum absolute atomic E-state index is 12.3. The molecular formula is C26H26N2O6. The molecule has 3 unspecified atom stereocenters. The third-order valence-corrected chi connectivity index (χ3v) is 6.15. The van der Waals surface area contributed by atoms with Crippen LogP contribution < -0.4 is 10.6 Å². The predicted octanol–water partition coefficient (Wildman–Crippen LogP) is 2.67. The maximum Gasteiger partial charge on any atom is 0.407 e. The highest BCUT2D eigenvalue weighted by Gasteiger charge is 2.33. The van der Waals surface area contributed by atoms with E-state index in [1.54, 1.807) is 0 Å². The van der Waals surface area contributed by atoms with Crippen molar-refractivity contribution < 1.29 is 29.0 Å². The summed E-state index contributed by atoms with van der Waals surface area (Å²) in [6.45, 7) is 0.398. The second-order valence-corrected chi connectivity index (χ2v) is 8.34. The van der Waals surface area contributed by atoms with Crippen LogP contribution in [0, 0.1) is 12.3 Å². The van der Waals surface area contributed by atoms with Gasteiger partial charge in [0.25, 0.3) is 0 Å². The molecule has 1 saturated heterocycles. The Morgan fingerprint density at radius 3 is 2.35 bits per heavy atom. The van der Waals surface area contributed by atoms with Crippen LogP contribution in [0.1, 0.15) is 36.3 Å². The van der Waals surface area contributed by atoms with Gasteiger partial charge in [0.2, 0.25) is 5.91 Å². The summed E-state index contributed by atoms with van der Waals surface area (Å²) in [7, 11) is 0. The fraction of sp³-hybridized carbons (Fsp3) is 0.346. The maximum atomic E-state index is 12.3. The van der Waals surface area contributed by atoms with Gasteiger partial charge < -0.3 is 25.2 Å². The molecule has 2 aromatic carbocycles. The molecule has 1 aliphatic heterocycles. The molecule has 1 fully saturated rings. The number of carboxylic acid groups (broad SMARTS) is 1. The SMILES string of the molecule is C#CCC(NC(=O)C1CCC(CNC(=O)OCC2c3ccccc3-c3ccccc32)O1)C(=O)O. The Bertz CT molecular complexity index is 1080. The second kappa shape index (κ2) is 10.4. The van der Waals surface area contributed by atoms with Crippen molar-refractivity contribution in [1.29, 1.82) is 0 Å². The highest BCUT2D eigenvalue weighted by Crippen LogP contribution is 2.44. The van der Waals surface area contributed by atoms with Crippen molar-refractivity contribution in [2.45, 2.75) is 43.4 Å². The zero-order valence-electron chi connectivity index (χ0n) is 18.5. The van der Waals surface area contributed by atoms with Crippen LogP contribution in [0.3, 0.4) is 0 Å². The molecule has 4 rings (SSSR count). The summed E-state index contributed by atoms with van der Waals surface area (Å²) in [5, 5.41) is 14.2. The second-order valence-electron chi connectivity index (χ2n) is 8.34. The topological polar surface area (TPSA) is 114 Å². The number of nitrogens with one attached hydrogen (secondary N) is 2. The van der Waals surface area contributed by atoms with Crippen LogP contribution in [-0.4, -0.2) is 54.5 Å². The first-order valence-corrected chi connectivity index (χ1v) is 11.2. The molecule has 0 saturated carbocycles. The van der Waals surface area contributed by atoms with E-state index in [1.165, 1.54) is 0 Å². The van der Waals surface area contributed by atoms with Crippen LogP contribution in [0.25, 0.3) is 11.1 Å². The van der Waals surface area contributed by atoms with E-state index in [-0.39, 0.29) is 31.6 Å². The van der Waals surface area contributed by atoms with Gasteiger partial charge in [-0.1, -0.05) is 48.5 Å². The minimum Gasteiger partial charge on any atom is -0.480 e. The molecule has 3 atom stereocenters. The molecular weight excluding hydrogens is 436 g/mol. The Hall–Kier alpha value is -3.83. The van der Waals surface area contributed by atoms with E-state index in [2.05, 4.69) is 40.8 Å². The normalized spacial score (nSPS) is 19.4. The van der Waals surface area contributed by atoms with Crippen molar-refractivity contribution >= 4 is 18.0 Å². The lowest BCUT2D eigenvalue weighted by Gasteiger charge is -2.17. The van der Waals surface area contributed by atoms with Gasteiger partial charge in [-0.15, -0.1) is 12.3 Å². The van der Waals surface area contributed by atoms with Crippen molar-refractivity contribution in [3.8, 4) is 23.5 Å². The number of ether oxygens (including phenoxy) is 2. The Balaban J connectivity index is 1.24. The van der Waals surface area contributed by atoms with Crippen molar-refractivity contribution in [2.24, 2.45) is 0 Å². The minimum atomic E-state index is -1.20. The van der Waals surface area contributed by atoms with E-state index >= 15 is 0 Å². The summed E-state index contributed by atoms with van der Waals surface area (Å²) in [6.07, 6.45) is 4.30. The number of amides is 2. The van der Waals surface area contributed by atoms with Gasteiger partial charge in [-0.25, -0.2) is 9.59 Å². The Morgan fingerprint density at radius 1 is 1.09 bits per heavy atom. The molecule has 34 heavy (non-hydrogen) atoms. The summed E-state index contributed by atoms with van der Waals surface area (Å²) >= 11 is 0. The van der Waals surface area contributed by atoms with Gasteiger partial charge in [0.1, 0.15) is 18.8 Å². The van der Waals surface area contributed by atoms with Crippen LogP contribution in [-0.2, 0) is 19.1 Å². The Morgan fingerprint density at radius 2 is 1.74 bits per heavy atom.